The Hall–Kier alpha value is -2.30. The Kier molecular flexibility index (Phi) is 3.18. The number of rotatable bonds is 1. The zero-order valence-electron chi connectivity index (χ0n) is 11.5. The molecule has 0 saturated carbocycles. The summed E-state index contributed by atoms with van der Waals surface area (Å²) in [5.74, 6) is 2.05. The summed E-state index contributed by atoms with van der Waals surface area (Å²) >= 11 is 0. The molecule has 104 valence electrons. The van der Waals surface area contributed by atoms with Crippen LogP contribution in [0.2, 0.25) is 0 Å². The second-order valence-electron chi connectivity index (χ2n) is 4.84. The average Bonchev–Trinajstić information content (AvgIpc) is 2.67. The molecule has 1 N–H and O–H groups in total. The van der Waals surface area contributed by atoms with E-state index >= 15 is 0 Å². The van der Waals surface area contributed by atoms with E-state index in [2.05, 4.69) is 9.97 Å². The van der Waals surface area contributed by atoms with Crippen molar-refractivity contribution in [2.75, 3.05) is 13.2 Å². The molecular weight excluding hydrogens is 256 g/mol. The van der Waals surface area contributed by atoms with Crippen LogP contribution < -0.4 is 15.0 Å². The molecule has 0 aliphatic carbocycles. The molecule has 3 rings (SSSR count). The van der Waals surface area contributed by atoms with Gasteiger partial charge in [0.15, 0.2) is 11.5 Å². The van der Waals surface area contributed by atoms with E-state index in [0.717, 1.165) is 17.7 Å². The molecule has 20 heavy (non-hydrogen) atoms. The summed E-state index contributed by atoms with van der Waals surface area (Å²) in [7, 11) is 0. The molecule has 0 unspecified atom stereocenters. The molecule has 1 aromatic carbocycles. The van der Waals surface area contributed by atoms with Gasteiger partial charge in [-0.3, -0.25) is 4.79 Å². The average molecular weight is 272 g/mol. The molecule has 1 aliphatic rings. The van der Waals surface area contributed by atoms with Crippen molar-refractivity contribution >= 4 is 0 Å². The third kappa shape index (κ3) is 2.27. The number of benzene rings is 1. The van der Waals surface area contributed by atoms with E-state index in [9.17, 15) is 4.79 Å². The summed E-state index contributed by atoms with van der Waals surface area (Å²) in [6, 6.07) is 5.66. The van der Waals surface area contributed by atoms with Gasteiger partial charge in [0.25, 0.3) is 5.56 Å². The van der Waals surface area contributed by atoms with Crippen LogP contribution in [0.1, 0.15) is 17.8 Å². The first-order chi connectivity index (χ1) is 9.65. The number of aromatic amines is 1. The normalized spacial score (nSPS) is 13.9. The number of aromatic nitrogens is 2. The monoisotopic (exact) mass is 272 g/mol. The zero-order chi connectivity index (χ0) is 14.1. The minimum absolute atomic E-state index is 0.111. The molecule has 0 spiro atoms. The number of H-pyrrole nitrogens is 1. The van der Waals surface area contributed by atoms with Crippen LogP contribution in [-0.4, -0.2) is 23.2 Å². The minimum atomic E-state index is -0.111. The van der Waals surface area contributed by atoms with Crippen LogP contribution in [0.25, 0.3) is 11.3 Å². The van der Waals surface area contributed by atoms with Crippen LogP contribution in [0.3, 0.4) is 0 Å². The Balaban J connectivity index is 2.12. The van der Waals surface area contributed by atoms with Gasteiger partial charge in [-0.15, -0.1) is 0 Å². The largest absolute Gasteiger partial charge is 0.490 e. The van der Waals surface area contributed by atoms with Crippen LogP contribution >= 0.6 is 0 Å². The van der Waals surface area contributed by atoms with Crippen molar-refractivity contribution in [3.63, 3.8) is 0 Å². The molecule has 2 heterocycles. The van der Waals surface area contributed by atoms with E-state index in [1.807, 2.05) is 18.2 Å². The van der Waals surface area contributed by atoms with Gasteiger partial charge in [-0.1, -0.05) is 0 Å². The quantitative estimate of drug-likeness (QED) is 0.864. The molecule has 0 saturated heterocycles. The van der Waals surface area contributed by atoms with Crippen molar-refractivity contribution in [3.8, 4) is 22.8 Å². The first-order valence-corrected chi connectivity index (χ1v) is 6.62. The van der Waals surface area contributed by atoms with Crippen LogP contribution in [0.4, 0.5) is 0 Å². The highest BCUT2D eigenvalue weighted by Gasteiger charge is 2.14. The summed E-state index contributed by atoms with van der Waals surface area (Å²) in [6.07, 6.45) is 0.866. The lowest BCUT2D eigenvalue weighted by Gasteiger charge is -2.10. The van der Waals surface area contributed by atoms with Gasteiger partial charge in [0, 0.05) is 17.5 Å². The Morgan fingerprint density at radius 1 is 1.15 bits per heavy atom. The first kappa shape index (κ1) is 12.7. The highest BCUT2D eigenvalue weighted by Crippen LogP contribution is 2.34. The number of nitrogens with zero attached hydrogens (tertiary/aromatic N) is 1. The van der Waals surface area contributed by atoms with E-state index in [-0.39, 0.29) is 5.56 Å². The molecular formula is C15H16N2O3. The third-order valence-electron chi connectivity index (χ3n) is 3.29. The van der Waals surface area contributed by atoms with Gasteiger partial charge < -0.3 is 14.5 Å². The Morgan fingerprint density at radius 3 is 2.70 bits per heavy atom. The maximum atomic E-state index is 11.8. The Labute approximate surface area is 116 Å². The summed E-state index contributed by atoms with van der Waals surface area (Å²) in [5.41, 5.74) is 2.03. The smallest absolute Gasteiger partial charge is 0.254 e. The van der Waals surface area contributed by atoms with Crippen LogP contribution in [0.5, 0.6) is 11.5 Å². The molecule has 1 aromatic heterocycles. The molecule has 0 amide bonds. The zero-order valence-corrected chi connectivity index (χ0v) is 11.5. The second-order valence-corrected chi connectivity index (χ2v) is 4.84. The van der Waals surface area contributed by atoms with Crippen molar-refractivity contribution in [2.24, 2.45) is 0 Å². The summed E-state index contributed by atoms with van der Waals surface area (Å²) in [6.45, 7) is 4.84. The SMILES string of the molecule is Cc1nc(-c2ccc3c(c2)OCCCO3)c(C)c(=O)[nH]1. The maximum absolute atomic E-state index is 11.8. The summed E-state index contributed by atoms with van der Waals surface area (Å²) in [4.78, 5) is 18.9. The second kappa shape index (κ2) is 5.00. The lowest BCUT2D eigenvalue weighted by Crippen LogP contribution is -2.14. The molecule has 1 aliphatic heterocycles. The van der Waals surface area contributed by atoms with Gasteiger partial charge in [-0.2, -0.15) is 0 Å². The fourth-order valence-electron chi connectivity index (χ4n) is 2.24. The number of hydrogen-bond donors (Lipinski definition) is 1. The van der Waals surface area contributed by atoms with Gasteiger partial charge in [-0.05, 0) is 32.0 Å². The van der Waals surface area contributed by atoms with Gasteiger partial charge >= 0.3 is 0 Å². The fourth-order valence-corrected chi connectivity index (χ4v) is 2.24. The molecule has 0 atom stereocenters. The van der Waals surface area contributed by atoms with Crippen molar-refractivity contribution in [1.82, 2.24) is 9.97 Å². The predicted octanol–water partition coefficient (Wildman–Crippen LogP) is 2.22. The molecule has 0 radical (unpaired) electrons. The molecule has 0 bridgehead atoms. The van der Waals surface area contributed by atoms with E-state index in [0.29, 0.717) is 36.0 Å². The topological polar surface area (TPSA) is 64.2 Å². The summed E-state index contributed by atoms with van der Waals surface area (Å²) < 4.78 is 11.3. The standard InChI is InChI=1S/C15H16N2O3/c1-9-14(16-10(2)17-15(9)18)11-4-5-12-13(8-11)20-7-3-6-19-12/h4-5,8H,3,6-7H2,1-2H3,(H,16,17,18). The van der Waals surface area contributed by atoms with Crippen molar-refractivity contribution < 1.29 is 9.47 Å². The van der Waals surface area contributed by atoms with E-state index in [4.69, 9.17) is 9.47 Å². The highest BCUT2D eigenvalue weighted by molar-refractivity contribution is 5.66. The predicted molar refractivity (Wildman–Crippen MR) is 75.4 cm³/mol. The van der Waals surface area contributed by atoms with Crippen LogP contribution in [0.15, 0.2) is 23.0 Å². The maximum Gasteiger partial charge on any atom is 0.254 e. The Morgan fingerprint density at radius 2 is 1.90 bits per heavy atom. The molecule has 2 aromatic rings. The van der Waals surface area contributed by atoms with Gasteiger partial charge in [0.1, 0.15) is 5.82 Å². The fraction of sp³-hybridized carbons (Fsp3) is 0.333. The van der Waals surface area contributed by atoms with E-state index in [1.54, 1.807) is 13.8 Å². The van der Waals surface area contributed by atoms with Gasteiger partial charge in [0.2, 0.25) is 0 Å². The Bertz CT molecular complexity index is 707. The molecule has 5 nitrogen and oxygen atoms in total. The minimum Gasteiger partial charge on any atom is -0.490 e. The van der Waals surface area contributed by atoms with Gasteiger partial charge in [-0.25, -0.2) is 4.98 Å². The summed E-state index contributed by atoms with van der Waals surface area (Å²) in [5, 5.41) is 0. The van der Waals surface area contributed by atoms with E-state index in [1.165, 1.54) is 0 Å². The number of hydrogen-bond acceptors (Lipinski definition) is 4. The van der Waals surface area contributed by atoms with Gasteiger partial charge in [0.05, 0.1) is 18.9 Å². The number of fused-ring (bicyclic) bond motifs is 1. The van der Waals surface area contributed by atoms with Crippen molar-refractivity contribution in [2.45, 2.75) is 20.3 Å². The lowest BCUT2D eigenvalue weighted by molar-refractivity contribution is 0.297. The molecule has 0 fully saturated rings. The molecule has 5 heteroatoms. The highest BCUT2D eigenvalue weighted by atomic mass is 16.5. The van der Waals surface area contributed by atoms with Crippen molar-refractivity contribution in [3.05, 3.63) is 39.9 Å². The number of ether oxygens (including phenoxy) is 2. The van der Waals surface area contributed by atoms with E-state index < -0.39 is 0 Å². The number of aryl methyl sites for hydroxylation is 1. The number of nitrogens with one attached hydrogen (secondary N) is 1. The van der Waals surface area contributed by atoms with Crippen LogP contribution in [0, 0.1) is 13.8 Å². The first-order valence-electron chi connectivity index (χ1n) is 6.62. The van der Waals surface area contributed by atoms with Crippen LogP contribution in [-0.2, 0) is 0 Å². The third-order valence-corrected chi connectivity index (χ3v) is 3.29. The van der Waals surface area contributed by atoms with Crippen molar-refractivity contribution in [1.29, 1.82) is 0 Å². The lowest BCUT2D eigenvalue weighted by atomic mass is 10.1.